The zero-order valence-electron chi connectivity index (χ0n) is 13.4. The summed E-state index contributed by atoms with van der Waals surface area (Å²) >= 11 is 0. The molecule has 2 aromatic carbocycles. The lowest BCUT2D eigenvalue weighted by atomic mass is 9.95. The molecule has 1 amide bonds. The number of carbonyl (C=O) groups is 1. The number of allylic oxidation sites excluding steroid dienone is 2. The minimum Gasteiger partial charge on any atom is -0.267 e. The van der Waals surface area contributed by atoms with Crippen molar-refractivity contribution in [1.29, 1.82) is 0 Å². The fraction of sp³-hybridized carbons (Fsp3) is 0.238. The smallest absolute Gasteiger partial charge is 0.267 e. The Morgan fingerprint density at radius 3 is 2.38 bits per heavy atom. The van der Waals surface area contributed by atoms with Crippen molar-refractivity contribution in [2.24, 2.45) is 22.9 Å². The minimum atomic E-state index is -0.162. The molecule has 1 fully saturated rings. The number of hydrazone groups is 1. The summed E-state index contributed by atoms with van der Waals surface area (Å²) in [7, 11) is 0. The highest BCUT2D eigenvalue weighted by Crippen LogP contribution is 2.42. The van der Waals surface area contributed by atoms with Crippen LogP contribution in [-0.2, 0) is 0 Å². The van der Waals surface area contributed by atoms with E-state index in [1.165, 1.54) is 6.42 Å². The van der Waals surface area contributed by atoms with E-state index in [0.29, 0.717) is 23.3 Å². The van der Waals surface area contributed by atoms with Crippen LogP contribution in [-0.4, -0.2) is 12.1 Å². The highest BCUT2D eigenvalue weighted by molar-refractivity contribution is 5.94. The van der Waals surface area contributed by atoms with Gasteiger partial charge in [-0.3, -0.25) is 4.79 Å². The second-order valence-electron chi connectivity index (χ2n) is 6.61. The number of nitrogens with zero attached hydrogens (tertiary/aromatic N) is 1. The highest BCUT2D eigenvalue weighted by atomic mass is 16.2. The molecule has 3 atom stereocenters. The average molecular weight is 316 g/mol. The van der Waals surface area contributed by atoms with E-state index in [2.05, 4.69) is 34.8 Å². The van der Waals surface area contributed by atoms with Crippen molar-refractivity contribution in [1.82, 2.24) is 5.43 Å². The Labute approximate surface area is 142 Å². The van der Waals surface area contributed by atoms with Gasteiger partial charge in [-0.05, 0) is 47.9 Å². The molecule has 120 valence electrons. The number of hydrogen-bond donors (Lipinski definition) is 1. The van der Waals surface area contributed by atoms with Gasteiger partial charge in [0.2, 0.25) is 0 Å². The highest BCUT2D eigenvalue weighted by Gasteiger charge is 2.34. The molecule has 0 heterocycles. The van der Waals surface area contributed by atoms with Crippen LogP contribution in [0.3, 0.4) is 0 Å². The fourth-order valence-electron chi connectivity index (χ4n) is 3.70. The van der Waals surface area contributed by atoms with Gasteiger partial charge in [0.15, 0.2) is 0 Å². The third-order valence-corrected chi connectivity index (χ3v) is 5.02. The number of amides is 1. The fourth-order valence-corrected chi connectivity index (χ4v) is 3.70. The lowest BCUT2D eigenvalue weighted by Gasteiger charge is -2.11. The Morgan fingerprint density at radius 1 is 0.958 bits per heavy atom. The summed E-state index contributed by atoms with van der Waals surface area (Å²) in [5, 5.41) is 4.17. The summed E-state index contributed by atoms with van der Waals surface area (Å²) < 4.78 is 0. The van der Waals surface area contributed by atoms with E-state index >= 15 is 0 Å². The van der Waals surface area contributed by atoms with Crippen molar-refractivity contribution >= 4 is 12.1 Å². The van der Waals surface area contributed by atoms with Crippen LogP contribution in [0.25, 0.3) is 11.1 Å². The van der Waals surface area contributed by atoms with Gasteiger partial charge in [-0.1, -0.05) is 54.6 Å². The molecule has 2 aliphatic carbocycles. The van der Waals surface area contributed by atoms with Gasteiger partial charge in [-0.15, -0.1) is 0 Å². The maximum Gasteiger partial charge on any atom is 0.271 e. The molecule has 0 spiro atoms. The van der Waals surface area contributed by atoms with E-state index in [1.54, 1.807) is 0 Å². The van der Waals surface area contributed by atoms with Crippen LogP contribution >= 0.6 is 0 Å². The van der Waals surface area contributed by atoms with Crippen LogP contribution in [0.5, 0.6) is 0 Å². The maximum atomic E-state index is 12.2. The van der Waals surface area contributed by atoms with E-state index in [1.807, 2.05) is 48.7 Å². The SMILES string of the molecule is O=C(NN=CC1CC2C=CC1C2)c1ccc(-c2ccccc2)cc1. The second kappa shape index (κ2) is 6.44. The molecular formula is C21H20N2O. The topological polar surface area (TPSA) is 41.5 Å². The molecule has 0 aliphatic heterocycles. The number of hydrogen-bond acceptors (Lipinski definition) is 2. The van der Waals surface area contributed by atoms with Crippen molar-refractivity contribution in [3.8, 4) is 11.1 Å². The molecule has 1 saturated carbocycles. The van der Waals surface area contributed by atoms with Crippen molar-refractivity contribution < 1.29 is 4.79 Å². The van der Waals surface area contributed by atoms with Crippen LogP contribution in [0.2, 0.25) is 0 Å². The van der Waals surface area contributed by atoms with Crippen LogP contribution in [0, 0.1) is 17.8 Å². The molecule has 24 heavy (non-hydrogen) atoms. The number of benzene rings is 2. The Balaban J connectivity index is 1.37. The Bertz CT molecular complexity index is 777. The summed E-state index contributed by atoms with van der Waals surface area (Å²) in [6, 6.07) is 17.7. The number of fused-ring (bicyclic) bond motifs is 2. The van der Waals surface area contributed by atoms with E-state index < -0.39 is 0 Å². The van der Waals surface area contributed by atoms with Crippen molar-refractivity contribution in [3.05, 3.63) is 72.3 Å². The second-order valence-corrected chi connectivity index (χ2v) is 6.61. The third kappa shape index (κ3) is 3.02. The Morgan fingerprint density at radius 2 is 1.71 bits per heavy atom. The van der Waals surface area contributed by atoms with Gasteiger partial charge in [-0.2, -0.15) is 5.10 Å². The van der Waals surface area contributed by atoms with Gasteiger partial charge >= 0.3 is 0 Å². The van der Waals surface area contributed by atoms with Crippen LogP contribution in [0.15, 0.2) is 71.9 Å². The molecule has 3 unspecified atom stereocenters. The molecule has 0 radical (unpaired) electrons. The number of carbonyl (C=O) groups excluding carboxylic acids is 1. The first-order chi connectivity index (χ1) is 11.8. The zero-order valence-corrected chi connectivity index (χ0v) is 13.4. The van der Waals surface area contributed by atoms with Gasteiger partial charge in [0.25, 0.3) is 5.91 Å². The quantitative estimate of drug-likeness (QED) is 0.510. The molecule has 1 N–H and O–H groups in total. The minimum absolute atomic E-state index is 0.162. The van der Waals surface area contributed by atoms with Crippen molar-refractivity contribution in [2.45, 2.75) is 12.8 Å². The van der Waals surface area contributed by atoms with Gasteiger partial charge in [0.1, 0.15) is 0 Å². The molecule has 3 heteroatoms. The summed E-state index contributed by atoms with van der Waals surface area (Å²) in [5.74, 6) is 1.64. The molecule has 0 aromatic heterocycles. The van der Waals surface area contributed by atoms with Gasteiger partial charge in [0, 0.05) is 17.7 Å². The normalized spacial score (nSPS) is 24.6. The Hall–Kier alpha value is -2.68. The van der Waals surface area contributed by atoms with Crippen LogP contribution in [0.4, 0.5) is 0 Å². The summed E-state index contributed by atoms with van der Waals surface area (Å²) in [6.07, 6.45) is 8.90. The van der Waals surface area contributed by atoms with E-state index in [9.17, 15) is 4.79 Å². The first-order valence-corrected chi connectivity index (χ1v) is 8.47. The molecular weight excluding hydrogens is 296 g/mol. The monoisotopic (exact) mass is 316 g/mol. The lowest BCUT2D eigenvalue weighted by molar-refractivity contribution is 0.0955. The Kier molecular flexibility index (Phi) is 3.99. The molecule has 4 rings (SSSR count). The summed E-state index contributed by atoms with van der Waals surface area (Å²) in [4.78, 5) is 12.2. The molecule has 2 aliphatic rings. The van der Waals surface area contributed by atoms with Gasteiger partial charge in [0.05, 0.1) is 0 Å². The first-order valence-electron chi connectivity index (χ1n) is 8.47. The number of nitrogens with one attached hydrogen (secondary N) is 1. The van der Waals surface area contributed by atoms with Crippen LogP contribution in [0.1, 0.15) is 23.2 Å². The van der Waals surface area contributed by atoms with Crippen molar-refractivity contribution in [3.63, 3.8) is 0 Å². The average Bonchev–Trinajstić information content (AvgIpc) is 3.26. The van der Waals surface area contributed by atoms with E-state index in [4.69, 9.17) is 0 Å². The van der Waals surface area contributed by atoms with Crippen LogP contribution < -0.4 is 5.43 Å². The standard InChI is InChI=1S/C21H20N2O/c24-21(23-22-14-20-13-15-6-7-19(20)12-15)18-10-8-17(9-11-18)16-4-2-1-3-5-16/h1-11,14-15,19-20H,12-13H2,(H,23,24). The summed E-state index contributed by atoms with van der Waals surface area (Å²) in [5.41, 5.74) is 5.52. The van der Waals surface area contributed by atoms with E-state index in [-0.39, 0.29) is 5.91 Å². The molecule has 2 bridgehead atoms. The number of rotatable bonds is 4. The van der Waals surface area contributed by atoms with E-state index in [0.717, 1.165) is 17.5 Å². The van der Waals surface area contributed by atoms with Crippen molar-refractivity contribution in [2.75, 3.05) is 0 Å². The third-order valence-electron chi connectivity index (χ3n) is 5.02. The molecule has 0 saturated heterocycles. The molecule has 3 nitrogen and oxygen atoms in total. The largest absolute Gasteiger partial charge is 0.271 e. The van der Waals surface area contributed by atoms with Gasteiger partial charge < -0.3 is 0 Å². The lowest BCUT2D eigenvalue weighted by Crippen LogP contribution is -2.19. The predicted molar refractivity (Wildman–Crippen MR) is 96.7 cm³/mol. The summed E-state index contributed by atoms with van der Waals surface area (Å²) in [6.45, 7) is 0. The maximum absolute atomic E-state index is 12.2. The molecule has 2 aromatic rings. The zero-order chi connectivity index (χ0) is 16.4. The first kappa shape index (κ1) is 14.9. The van der Waals surface area contributed by atoms with Gasteiger partial charge in [-0.25, -0.2) is 5.43 Å². The predicted octanol–water partition coefficient (Wildman–Crippen LogP) is 4.28.